The molecule has 5 nitrogen and oxygen atoms in total. The summed E-state index contributed by atoms with van der Waals surface area (Å²) in [6.07, 6.45) is 5.78. The average Bonchev–Trinajstić information content (AvgIpc) is 3.60. The molecule has 48 heavy (non-hydrogen) atoms. The Morgan fingerprint density at radius 2 is 1.21 bits per heavy atom. The van der Waals surface area contributed by atoms with Crippen molar-refractivity contribution in [1.82, 2.24) is 19.5 Å². The molecule has 0 radical (unpaired) electrons. The quantitative estimate of drug-likeness (QED) is 0.195. The van der Waals surface area contributed by atoms with Crippen molar-refractivity contribution in [1.29, 1.82) is 0 Å². The number of benzene rings is 6. The molecule has 0 aliphatic rings. The number of rotatable bonds is 5. The van der Waals surface area contributed by atoms with Crippen LogP contribution in [-0.2, 0) is 0 Å². The lowest BCUT2D eigenvalue weighted by Gasteiger charge is -2.19. The SMILES string of the molecule is Oc1cccc2cnc3ccc(-c4nc(-c5cccc6cccnc56)cn4-c4c(-c5ccccc5)cccc4-c4ccccc4)cc3c12. The largest absolute Gasteiger partial charge is 0.507 e. The van der Waals surface area contributed by atoms with Crippen LogP contribution in [0.1, 0.15) is 0 Å². The summed E-state index contributed by atoms with van der Waals surface area (Å²) in [6.45, 7) is 0. The van der Waals surface area contributed by atoms with Gasteiger partial charge < -0.3 is 5.11 Å². The van der Waals surface area contributed by atoms with E-state index in [1.807, 2.05) is 48.8 Å². The number of para-hydroxylation sites is 2. The Hall–Kier alpha value is -6.59. The fourth-order valence-electron chi connectivity index (χ4n) is 6.78. The molecule has 9 rings (SSSR count). The smallest absolute Gasteiger partial charge is 0.145 e. The van der Waals surface area contributed by atoms with Gasteiger partial charge in [0.2, 0.25) is 0 Å². The van der Waals surface area contributed by atoms with Crippen LogP contribution in [0.4, 0.5) is 0 Å². The topological polar surface area (TPSA) is 63.8 Å². The van der Waals surface area contributed by atoms with Gasteiger partial charge in [0.25, 0.3) is 0 Å². The minimum Gasteiger partial charge on any atom is -0.507 e. The van der Waals surface area contributed by atoms with Crippen molar-refractivity contribution in [2.24, 2.45) is 0 Å². The number of pyridine rings is 2. The molecule has 226 valence electrons. The Kier molecular flexibility index (Phi) is 6.54. The highest BCUT2D eigenvalue weighted by molar-refractivity contribution is 6.09. The van der Waals surface area contributed by atoms with E-state index in [-0.39, 0.29) is 5.75 Å². The molecule has 0 atom stereocenters. The third-order valence-electron chi connectivity index (χ3n) is 9.00. The third-order valence-corrected chi connectivity index (χ3v) is 9.00. The van der Waals surface area contributed by atoms with Gasteiger partial charge in [-0.15, -0.1) is 0 Å². The van der Waals surface area contributed by atoms with Crippen molar-refractivity contribution in [2.45, 2.75) is 0 Å². The van der Waals surface area contributed by atoms with E-state index in [0.29, 0.717) is 0 Å². The van der Waals surface area contributed by atoms with E-state index < -0.39 is 0 Å². The van der Waals surface area contributed by atoms with Gasteiger partial charge in [-0.1, -0.05) is 115 Å². The summed E-state index contributed by atoms with van der Waals surface area (Å²) in [5.74, 6) is 0.997. The summed E-state index contributed by atoms with van der Waals surface area (Å²) in [4.78, 5) is 14.9. The summed E-state index contributed by atoms with van der Waals surface area (Å²) < 4.78 is 2.22. The summed E-state index contributed by atoms with van der Waals surface area (Å²) in [6, 6.07) is 49.4. The van der Waals surface area contributed by atoms with Crippen LogP contribution in [0.15, 0.2) is 164 Å². The molecule has 1 N–H and O–H groups in total. The molecule has 9 aromatic rings. The number of hydrogen-bond donors (Lipinski definition) is 1. The Morgan fingerprint density at radius 3 is 1.98 bits per heavy atom. The Bertz CT molecular complexity index is 2560. The molecule has 3 aromatic heterocycles. The van der Waals surface area contributed by atoms with Crippen LogP contribution in [0.25, 0.3) is 83.2 Å². The first kappa shape index (κ1) is 27.7. The molecule has 0 fully saturated rings. The number of phenols is 1. The maximum absolute atomic E-state index is 11.0. The van der Waals surface area contributed by atoms with E-state index in [0.717, 1.165) is 83.2 Å². The molecule has 0 saturated carbocycles. The second-order valence-electron chi connectivity index (χ2n) is 11.9. The Labute approximate surface area is 277 Å². The van der Waals surface area contributed by atoms with E-state index in [4.69, 9.17) is 15.0 Å². The van der Waals surface area contributed by atoms with Crippen LogP contribution in [0.2, 0.25) is 0 Å². The highest BCUT2D eigenvalue weighted by Gasteiger charge is 2.22. The molecule has 0 bridgehead atoms. The van der Waals surface area contributed by atoms with Crippen LogP contribution in [0.3, 0.4) is 0 Å². The van der Waals surface area contributed by atoms with Gasteiger partial charge >= 0.3 is 0 Å². The van der Waals surface area contributed by atoms with Crippen molar-refractivity contribution in [3.63, 3.8) is 0 Å². The zero-order chi connectivity index (χ0) is 32.0. The number of hydrogen-bond acceptors (Lipinski definition) is 4. The molecular weight excluding hydrogens is 589 g/mol. The molecule has 5 heteroatoms. The lowest BCUT2D eigenvalue weighted by atomic mass is 9.95. The minimum absolute atomic E-state index is 0.226. The fraction of sp³-hybridized carbons (Fsp3) is 0. The number of aromatic hydroxyl groups is 1. The lowest BCUT2D eigenvalue weighted by molar-refractivity contribution is 0.482. The van der Waals surface area contributed by atoms with Crippen LogP contribution in [-0.4, -0.2) is 24.6 Å². The number of aromatic nitrogens is 4. The summed E-state index contributed by atoms with van der Waals surface area (Å²) in [7, 11) is 0. The maximum atomic E-state index is 11.0. The van der Waals surface area contributed by atoms with Gasteiger partial charge in [0.05, 0.1) is 22.4 Å². The van der Waals surface area contributed by atoms with E-state index in [1.54, 1.807) is 6.07 Å². The molecular formula is C43H28N4O. The zero-order valence-electron chi connectivity index (χ0n) is 25.8. The van der Waals surface area contributed by atoms with Crippen molar-refractivity contribution in [3.8, 4) is 56.3 Å². The average molecular weight is 617 g/mol. The van der Waals surface area contributed by atoms with Crippen LogP contribution >= 0.6 is 0 Å². The molecule has 0 saturated heterocycles. The first-order valence-electron chi connectivity index (χ1n) is 15.9. The second-order valence-corrected chi connectivity index (χ2v) is 11.9. The van der Waals surface area contributed by atoms with Crippen molar-refractivity contribution >= 4 is 32.6 Å². The van der Waals surface area contributed by atoms with Crippen LogP contribution < -0.4 is 0 Å². The Balaban J connectivity index is 1.39. The zero-order valence-corrected chi connectivity index (χ0v) is 25.8. The Morgan fingerprint density at radius 1 is 0.542 bits per heavy atom. The first-order valence-corrected chi connectivity index (χ1v) is 15.9. The predicted molar refractivity (Wildman–Crippen MR) is 195 cm³/mol. The van der Waals surface area contributed by atoms with E-state index >= 15 is 0 Å². The molecule has 3 heterocycles. The van der Waals surface area contributed by atoms with Crippen molar-refractivity contribution < 1.29 is 5.11 Å². The predicted octanol–water partition coefficient (Wildman–Crippen LogP) is 10.5. The number of nitrogens with zero attached hydrogens (tertiary/aromatic N) is 4. The van der Waals surface area contributed by atoms with Gasteiger partial charge in [-0.2, -0.15) is 0 Å². The van der Waals surface area contributed by atoms with E-state index in [9.17, 15) is 5.11 Å². The van der Waals surface area contributed by atoms with E-state index in [1.165, 1.54) is 0 Å². The minimum atomic E-state index is 0.226. The second kappa shape index (κ2) is 11.3. The molecule has 0 spiro atoms. The van der Waals surface area contributed by atoms with Crippen molar-refractivity contribution in [2.75, 3.05) is 0 Å². The number of imidazole rings is 1. The first-order chi connectivity index (χ1) is 23.7. The van der Waals surface area contributed by atoms with Crippen molar-refractivity contribution in [3.05, 3.63) is 164 Å². The fourth-order valence-corrected chi connectivity index (χ4v) is 6.78. The summed E-state index contributed by atoms with van der Waals surface area (Å²) >= 11 is 0. The third kappa shape index (κ3) is 4.60. The highest BCUT2D eigenvalue weighted by atomic mass is 16.3. The molecule has 0 aliphatic carbocycles. The number of phenolic OH excluding ortho intramolecular Hbond substituents is 1. The normalized spacial score (nSPS) is 11.4. The van der Waals surface area contributed by atoms with Gasteiger partial charge in [0.1, 0.15) is 11.6 Å². The number of fused-ring (bicyclic) bond motifs is 4. The van der Waals surface area contributed by atoms with Gasteiger partial charge in [-0.3, -0.25) is 14.5 Å². The van der Waals surface area contributed by atoms with Crippen LogP contribution in [0, 0.1) is 0 Å². The molecule has 0 aliphatic heterocycles. The molecule has 0 amide bonds. The van der Waals surface area contributed by atoms with Gasteiger partial charge in [-0.25, -0.2) is 4.98 Å². The van der Waals surface area contributed by atoms with E-state index in [2.05, 4.69) is 114 Å². The van der Waals surface area contributed by atoms with Gasteiger partial charge in [0, 0.05) is 62.4 Å². The molecule has 6 aromatic carbocycles. The van der Waals surface area contributed by atoms with Gasteiger partial charge in [-0.05, 0) is 41.5 Å². The monoisotopic (exact) mass is 616 g/mol. The maximum Gasteiger partial charge on any atom is 0.145 e. The lowest BCUT2D eigenvalue weighted by Crippen LogP contribution is -2.02. The van der Waals surface area contributed by atoms with Gasteiger partial charge in [0.15, 0.2) is 0 Å². The highest BCUT2D eigenvalue weighted by Crippen LogP contribution is 2.41. The van der Waals surface area contributed by atoms with Crippen LogP contribution in [0.5, 0.6) is 5.75 Å². The summed E-state index contributed by atoms with van der Waals surface area (Å²) in [5.41, 5.74) is 9.79. The standard InChI is InChI=1S/C43H28N4O/c48-39-21-8-16-32-26-45-37-23-22-31(25-36(37)40(32)39)43-46-38(35-20-7-15-30-17-10-24-44-41(30)35)27-47(43)42-33(28-11-3-1-4-12-28)18-9-19-34(42)29-13-5-2-6-14-29/h1-27,48H. The summed E-state index contributed by atoms with van der Waals surface area (Å²) in [5, 5.41) is 14.6. The molecule has 0 unspecified atom stereocenters.